The molecular weight excluding hydrogens is 270 g/mol. The van der Waals surface area contributed by atoms with Crippen LogP contribution in [-0.4, -0.2) is 21.9 Å². The number of hydrogen-bond donors (Lipinski definition) is 4. The summed E-state index contributed by atoms with van der Waals surface area (Å²) in [6.07, 6.45) is 0. The number of thiol groups is 1. The summed E-state index contributed by atoms with van der Waals surface area (Å²) in [6, 6.07) is 9.01. The SMILES string of the molecule is O=C(O)CSc1cc(NS)c2ccccc2c1O. The van der Waals surface area contributed by atoms with Gasteiger partial charge >= 0.3 is 5.97 Å². The Bertz CT molecular complexity index is 601. The maximum Gasteiger partial charge on any atom is 0.313 e. The van der Waals surface area contributed by atoms with Crippen molar-refractivity contribution in [2.75, 3.05) is 10.5 Å². The first kappa shape index (κ1) is 12.9. The van der Waals surface area contributed by atoms with Gasteiger partial charge in [0.1, 0.15) is 5.75 Å². The minimum absolute atomic E-state index is 0.0993. The standard InChI is InChI=1S/C12H11NO3S2/c14-11(15)6-18-10-5-9(13-17)7-3-1-2-4-8(7)12(10)16/h1-5,13,16-17H,6H2,(H,14,15). The molecule has 0 spiro atoms. The van der Waals surface area contributed by atoms with Gasteiger partial charge in [0, 0.05) is 10.8 Å². The van der Waals surface area contributed by atoms with E-state index in [0.29, 0.717) is 10.3 Å². The van der Waals surface area contributed by atoms with Crippen molar-refractivity contribution in [1.29, 1.82) is 0 Å². The Balaban J connectivity index is 2.54. The zero-order chi connectivity index (χ0) is 13.1. The Hall–Kier alpha value is -1.53. The molecule has 0 amide bonds. The van der Waals surface area contributed by atoms with Crippen LogP contribution in [0.2, 0.25) is 0 Å². The Morgan fingerprint density at radius 1 is 1.33 bits per heavy atom. The van der Waals surface area contributed by atoms with Gasteiger partial charge in [0.05, 0.1) is 16.3 Å². The Labute approximate surface area is 114 Å². The molecule has 0 aliphatic heterocycles. The van der Waals surface area contributed by atoms with E-state index in [9.17, 15) is 9.90 Å². The smallest absolute Gasteiger partial charge is 0.313 e. The van der Waals surface area contributed by atoms with Gasteiger partial charge in [0.15, 0.2) is 0 Å². The minimum atomic E-state index is -0.923. The average Bonchev–Trinajstić information content (AvgIpc) is 2.38. The number of anilines is 1. The van der Waals surface area contributed by atoms with Crippen LogP contribution in [0.25, 0.3) is 10.8 Å². The van der Waals surface area contributed by atoms with Crippen LogP contribution in [0.5, 0.6) is 5.75 Å². The van der Waals surface area contributed by atoms with Crippen molar-refractivity contribution < 1.29 is 15.0 Å². The van der Waals surface area contributed by atoms with Crippen LogP contribution in [0.1, 0.15) is 0 Å². The van der Waals surface area contributed by atoms with Crippen molar-refractivity contribution in [1.82, 2.24) is 0 Å². The van der Waals surface area contributed by atoms with E-state index in [1.165, 1.54) is 0 Å². The first-order valence-corrected chi connectivity index (χ1v) is 6.56. The van der Waals surface area contributed by atoms with Crippen LogP contribution in [0, 0.1) is 0 Å². The molecule has 0 radical (unpaired) electrons. The molecule has 0 saturated carbocycles. The van der Waals surface area contributed by atoms with Crippen LogP contribution in [0.4, 0.5) is 5.69 Å². The lowest BCUT2D eigenvalue weighted by Gasteiger charge is -2.11. The number of aromatic hydroxyl groups is 1. The van der Waals surface area contributed by atoms with Gasteiger partial charge in [-0.25, -0.2) is 0 Å². The zero-order valence-electron chi connectivity index (χ0n) is 9.25. The molecule has 18 heavy (non-hydrogen) atoms. The fraction of sp³-hybridized carbons (Fsp3) is 0.0833. The van der Waals surface area contributed by atoms with E-state index >= 15 is 0 Å². The first-order chi connectivity index (χ1) is 8.63. The minimum Gasteiger partial charge on any atom is -0.506 e. The van der Waals surface area contributed by atoms with Crippen molar-refractivity contribution in [3.05, 3.63) is 30.3 Å². The lowest BCUT2D eigenvalue weighted by Crippen LogP contribution is -1.97. The maximum atomic E-state index is 10.6. The molecule has 0 heterocycles. The van der Waals surface area contributed by atoms with E-state index in [4.69, 9.17) is 5.11 Å². The predicted octanol–water partition coefficient (Wildman–Crippen LogP) is 2.98. The van der Waals surface area contributed by atoms with Crippen molar-refractivity contribution in [3.63, 3.8) is 0 Å². The number of carboxylic acid groups (broad SMARTS) is 1. The molecule has 0 bridgehead atoms. The van der Waals surface area contributed by atoms with Crippen molar-refractivity contribution in [2.24, 2.45) is 0 Å². The average molecular weight is 281 g/mol. The highest BCUT2D eigenvalue weighted by molar-refractivity contribution is 8.00. The predicted molar refractivity (Wildman–Crippen MR) is 76.6 cm³/mol. The number of phenolic OH excluding ortho intramolecular Hbond substituents is 1. The molecule has 0 atom stereocenters. The summed E-state index contributed by atoms with van der Waals surface area (Å²) < 4.78 is 2.75. The number of rotatable bonds is 4. The summed E-state index contributed by atoms with van der Waals surface area (Å²) in [6.45, 7) is 0. The molecule has 4 nitrogen and oxygen atoms in total. The van der Waals surface area contributed by atoms with E-state index in [2.05, 4.69) is 17.5 Å². The van der Waals surface area contributed by atoms with Gasteiger partial charge in [-0.15, -0.1) is 11.8 Å². The van der Waals surface area contributed by atoms with E-state index in [0.717, 1.165) is 22.8 Å². The topological polar surface area (TPSA) is 69.6 Å². The molecular formula is C12H11NO3S2. The fourth-order valence-electron chi connectivity index (χ4n) is 1.68. The van der Waals surface area contributed by atoms with Crippen molar-refractivity contribution in [2.45, 2.75) is 4.90 Å². The van der Waals surface area contributed by atoms with Crippen molar-refractivity contribution in [3.8, 4) is 5.75 Å². The molecule has 0 aromatic heterocycles. The Morgan fingerprint density at radius 3 is 2.61 bits per heavy atom. The normalized spacial score (nSPS) is 10.5. The monoisotopic (exact) mass is 281 g/mol. The highest BCUT2D eigenvalue weighted by Crippen LogP contribution is 2.39. The fourth-order valence-corrected chi connectivity index (χ4v) is 2.59. The number of thioether (sulfide) groups is 1. The molecule has 0 aliphatic carbocycles. The molecule has 3 N–H and O–H groups in total. The molecule has 0 unspecified atom stereocenters. The second-order valence-electron chi connectivity index (χ2n) is 3.61. The Morgan fingerprint density at radius 2 is 2.00 bits per heavy atom. The summed E-state index contributed by atoms with van der Waals surface area (Å²) in [5.41, 5.74) is 0.736. The van der Waals surface area contributed by atoms with Gasteiger partial charge in [0.25, 0.3) is 0 Å². The number of aliphatic carboxylic acids is 1. The summed E-state index contributed by atoms with van der Waals surface area (Å²) in [7, 11) is 0. The van der Waals surface area contributed by atoms with Gasteiger partial charge < -0.3 is 14.9 Å². The molecule has 94 valence electrons. The van der Waals surface area contributed by atoms with Crippen LogP contribution >= 0.6 is 24.6 Å². The number of carbonyl (C=O) groups is 1. The molecule has 2 aromatic rings. The third-order valence-electron chi connectivity index (χ3n) is 2.45. The van der Waals surface area contributed by atoms with Gasteiger partial charge in [0.2, 0.25) is 0 Å². The zero-order valence-corrected chi connectivity index (χ0v) is 11.0. The van der Waals surface area contributed by atoms with Gasteiger partial charge in [-0.2, -0.15) is 0 Å². The largest absolute Gasteiger partial charge is 0.506 e. The van der Waals surface area contributed by atoms with Gasteiger partial charge in [-0.1, -0.05) is 37.1 Å². The van der Waals surface area contributed by atoms with Gasteiger partial charge in [-0.05, 0) is 6.07 Å². The molecule has 6 heteroatoms. The van der Waals surface area contributed by atoms with E-state index < -0.39 is 5.97 Å². The maximum absolute atomic E-state index is 10.6. The number of carboxylic acids is 1. The first-order valence-electron chi connectivity index (χ1n) is 5.13. The number of hydrogen-bond acceptors (Lipinski definition) is 5. The number of nitrogens with one attached hydrogen (secondary N) is 1. The van der Waals surface area contributed by atoms with E-state index in [1.54, 1.807) is 12.1 Å². The lowest BCUT2D eigenvalue weighted by atomic mass is 10.1. The summed E-state index contributed by atoms with van der Waals surface area (Å²) in [4.78, 5) is 11.1. The second-order valence-corrected chi connectivity index (χ2v) is 4.85. The highest BCUT2D eigenvalue weighted by atomic mass is 32.2. The summed E-state index contributed by atoms with van der Waals surface area (Å²) >= 11 is 5.10. The van der Waals surface area contributed by atoms with Crippen LogP contribution < -0.4 is 4.72 Å². The third kappa shape index (κ3) is 2.49. The highest BCUT2D eigenvalue weighted by Gasteiger charge is 2.12. The summed E-state index contributed by atoms with van der Waals surface area (Å²) in [5, 5.41) is 20.3. The molecule has 0 saturated heterocycles. The number of phenols is 1. The van der Waals surface area contributed by atoms with E-state index in [-0.39, 0.29) is 11.5 Å². The van der Waals surface area contributed by atoms with E-state index in [1.807, 2.05) is 18.2 Å². The second kappa shape index (κ2) is 5.41. The van der Waals surface area contributed by atoms with Crippen molar-refractivity contribution >= 4 is 47.0 Å². The van der Waals surface area contributed by atoms with Crippen LogP contribution in [0.3, 0.4) is 0 Å². The molecule has 2 rings (SSSR count). The Kier molecular flexibility index (Phi) is 3.88. The van der Waals surface area contributed by atoms with Crippen LogP contribution in [-0.2, 0) is 4.79 Å². The summed E-state index contributed by atoms with van der Waals surface area (Å²) in [5.74, 6) is -0.921. The quantitative estimate of drug-likeness (QED) is 0.394. The van der Waals surface area contributed by atoms with Crippen LogP contribution in [0.15, 0.2) is 35.2 Å². The number of benzene rings is 2. The van der Waals surface area contributed by atoms with Gasteiger partial charge in [-0.3, -0.25) is 4.79 Å². The lowest BCUT2D eigenvalue weighted by molar-refractivity contribution is -0.133. The third-order valence-corrected chi connectivity index (χ3v) is 3.71. The molecule has 0 fully saturated rings. The number of fused-ring (bicyclic) bond motifs is 1. The molecule has 0 aliphatic rings. The molecule has 2 aromatic carbocycles.